The molecule has 144 valence electrons. The summed E-state index contributed by atoms with van der Waals surface area (Å²) in [6, 6.07) is 10.2. The van der Waals surface area contributed by atoms with E-state index < -0.39 is 0 Å². The van der Waals surface area contributed by atoms with Gasteiger partial charge in [-0.05, 0) is 30.3 Å². The van der Waals surface area contributed by atoms with Crippen LogP contribution in [0.1, 0.15) is 5.56 Å². The van der Waals surface area contributed by atoms with Gasteiger partial charge in [-0.1, -0.05) is 12.2 Å². The van der Waals surface area contributed by atoms with Crippen molar-refractivity contribution in [3.05, 3.63) is 47.8 Å². The molecule has 0 radical (unpaired) electrons. The number of benzene rings is 2. The Morgan fingerprint density at radius 2 is 1.41 bits per heavy atom. The van der Waals surface area contributed by atoms with E-state index in [2.05, 4.69) is 9.80 Å². The Kier molecular flexibility index (Phi) is 6.01. The van der Waals surface area contributed by atoms with Gasteiger partial charge in [-0.15, -0.1) is 0 Å². The highest BCUT2D eigenvalue weighted by Crippen LogP contribution is 2.35. The molecule has 1 heterocycles. The maximum atomic E-state index is 13.1. The number of hydrogen-bond acceptors (Lipinski definition) is 5. The van der Waals surface area contributed by atoms with Gasteiger partial charge in [0.05, 0.1) is 26.9 Å². The van der Waals surface area contributed by atoms with E-state index >= 15 is 0 Å². The van der Waals surface area contributed by atoms with Crippen LogP contribution in [-0.2, 0) is 0 Å². The first-order valence-corrected chi connectivity index (χ1v) is 9.08. The predicted molar refractivity (Wildman–Crippen MR) is 108 cm³/mol. The van der Waals surface area contributed by atoms with Gasteiger partial charge in [0.15, 0.2) is 11.5 Å². The molecule has 27 heavy (non-hydrogen) atoms. The van der Waals surface area contributed by atoms with Crippen molar-refractivity contribution >= 4 is 22.9 Å². The van der Waals surface area contributed by atoms with Crippen molar-refractivity contribution in [2.75, 3.05) is 52.4 Å². The second kappa shape index (κ2) is 8.43. The summed E-state index contributed by atoms with van der Waals surface area (Å²) in [7, 11) is 4.79. The lowest BCUT2D eigenvalue weighted by Crippen LogP contribution is -2.48. The van der Waals surface area contributed by atoms with Crippen molar-refractivity contribution in [1.82, 2.24) is 4.90 Å². The van der Waals surface area contributed by atoms with Crippen LogP contribution in [0.2, 0.25) is 0 Å². The Labute approximate surface area is 164 Å². The zero-order valence-electron chi connectivity index (χ0n) is 15.7. The summed E-state index contributed by atoms with van der Waals surface area (Å²) in [5.74, 6) is 1.64. The molecule has 3 rings (SSSR count). The van der Waals surface area contributed by atoms with Crippen LogP contribution in [0, 0.1) is 5.82 Å². The highest BCUT2D eigenvalue weighted by Gasteiger charge is 2.23. The van der Waals surface area contributed by atoms with Gasteiger partial charge in [0.25, 0.3) is 0 Å². The SMILES string of the molecule is COc1cc(OC)c(C(=S)N2CCN(c3ccc(F)cc3)CC2)cc1OC. The molecule has 0 aromatic heterocycles. The zero-order chi connectivity index (χ0) is 19.4. The third-order valence-corrected chi connectivity index (χ3v) is 5.17. The summed E-state index contributed by atoms with van der Waals surface area (Å²) >= 11 is 5.74. The summed E-state index contributed by atoms with van der Waals surface area (Å²) < 4.78 is 29.4. The number of piperazine rings is 1. The van der Waals surface area contributed by atoms with E-state index in [1.165, 1.54) is 12.1 Å². The van der Waals surface area contributed by atoms with E-state index in [1.807, 2.05) is 6.07 Å². The molecule has 0 bridgehead atoms. The third kappa shape index (κ3) is 4.08. The lowest BCUT2D eigenvalue weighted by Gasteiger charge is -2.37. The quantitative estimate of drug-likeness (QED) is 0.729. The minimum absolute atomic E-state index is 0.223. The molecular formula is C20H23FN2O3S. The molecule has 7 heteroatoms. The van der Waals surface area contributed by atoms with E-state index in [9.17, 15) is 4.39 Å². The van der Waals surface area contributed by atoms with E-state index in [-0.39, 0.29) is 5.82 Å². The zero-order valence-corrected chi connectivity index (χ0v) is 16.5. The first-order valence-electron chi connectivity index (χ1n) is 8.67. The second-order valence-corrected chi connectivity index (χ2v) is 6.55. The van der Waals surface area contributed by atoms with Crippen molar-refractivity contribution in [1.29, 1.82) is 0 Å². The molecule has 5 nitrogen and oxygen atoms in total. The second-order valence-electron chi connectivity index (χ2n) is 6.16. The summed E-state index contributed by atoms with van der Waals surface area (Å²) in [6.07, 6.45) is 0. The molecule has 0 unspecified atom stereocenters. The first kappa shape index (κ1) is 19.2. The fourth-order valence-electron chi connectivity index (χ4n) is 3.19. The van der Waals surface area contributed by atoms with Gasteiger partial charge in [-0.25, -0.2) is 4.39 Å². The fourth-order valence-corrected chi connectivity index (χ4v) is 3.53. The summed E-state index contributed by atoms with van der Waals surface area (Å²) in [5.41, 5.74) is 1.83. The number of hydrogen-bond donors (Lipinski definition) is 0. The van der Waals surface area contributed by atoms with Crippen molar-refractivity contribution in [3.63, 3.8) is 0 Å². The van der Waals surface area contributed by atoms with Crippen molar-refractivity contribution in [2.24, 2.45) is 0 Å². The summed E-state index contributed by atoms with van der Waals surface area (Å²) in [6.45, 7) is 3.16. The Balaban J connectivity index is 1.74. The van der Waals surface area contributed by atoms with Crippen molar-refractivity contribution in [2.45, 2.75) is 0 Å². The molecule has 0 saturated carbocycles. The Morgan fingerprint density at radius 3 is 1.96 bits per heavy atom. The smallest absolute Gasteiger partial charge is 0.164 e. The molecular weight excluding hydrogens is 367 g/mol. The van der Waals surface area contributed by atoms with Gasteiger partial charge in [0, 0.05) is 37.9 Å². The Hall–Kier alpha value is -2.54. The van der Waals surface area contributed by atoms with E-state index in [1.54, 1.807) is 39.5 Å². The number of halogens is 1. The average Bonchev–Trinajstić information content (AvgIpc) is 2.72. The Morgan fingerprint density at radius 1 is 0.852 bits per heavy atom. The van der Waals surface area contributed by atoms with Crippen LogP contribution in [-0.4, -0.2) is 57.4 Å². The average molecular weight is 390 g/mol. The fraction of sp³-hybridized carbons (Fsp3) is 0.350. The Bertz CT molecular complexity index is 806. The van der Waals surface area contributed by atoms with E-state index in [0.29, 0.717) is 22.2 Å². The van der Waals surface area contributed by atoms with Crippen molar-refractivity contribution in [3.8, 4) is 17.2 Å². The van der Waals surface area contributed by atoms with Gasteiger partial charge in [0.1, 0.15) is 16.6 Å². The predicted octanol–water partition coefficient (Wildman–Crippen LogP) is 3.35. The largest absolute Gasteiger partial charge is 0.496 e. The van der Waals surface area contributed by atoms with Gasteiger partial charge in [-0.2, -0.15) is 0 Å². The highest BCUT2D eigenvalue weighted by molar-refractivity contribution is 7.80. The molecule has 0 amide bonds. The number of methoxy groups -OCH3 is 3. The highest BCUT2D eigenvalue weighted by atomic mass is 32.1. The summed E-state index contributed by atoms with van der Waals surface area (Å²) in [5, 5.41) is 0. The monoisotopic (exact) mass is 390 g/mol. The van der Waals surface area contributed by atoms with E-state index in [0.717, 1.165) is 37.4 Å². The molecule has 1 aliphatic heterocycles. The van der Waals surface area contributed by atoms with Crippen LogP contribution in [0.4, 0.5) is 10.1 Å². The standard InChI is InChI=1S/C20H23FN2O3S/c1-24-17-13-19(26-3)18(25-2)12-16(17)20(27)23-10-8-22(9-11-23)15-6-4-14(21)5-7-15/h4-7,12-13H,8-11H2,1-3H3. The number of rotatable bonds is 5. The molecule has 0 aliphatic carbocycles. The van der Waals surface area contributed by atoms with E-state index in [4.69, 9.17) is 26.4 Å². The molecule has 0 N–H and O–H groups in total. The molecule has 1 aliphatic rings. The van der Waals surface area contributed by atoms with Gasteiger partial charge < -0.3 is 24.0 Å². The van der Waals surface area contributed by atoms with Gasteiger partial charge >= 0.3 is 0 Å². The number of thiocarbonyl (C=S) groups is 1. The van der Waals surface area contributed by atoms with Crippen LogP contribution in [0.25, 0.3) is 0 Å². The van der Waals surface area contributed by atoms with Crippen LogP contribution in [0.5, 0.6) is 17.2 Å². The summed E-state index contributed by atoms with van der Waals surface area (Å²) in [4.78, 5) is 5.09. The number of anilines is 1. The molecule has 1 saturated heterocycles. The minimum atomic E-state index is -0.223. The number of ether oxygens (including phenoxy) is 3. The van der Waals surface area contributed by atoms with Crippen LogP contribution < -0.4 is 19.1 Å². The molecule has 2 aromatic carbocycles. The van der Waals surface area contributed by atoms with Gasteiger partial charge in [-0.3, -0.25) is 0 Å². The minimum Gasteiger partial charge on any atom is -0.496 e. The van der Waals surface area contributed by atoms with Crippen LogP contribution in [0.3, 0.4) is 0 Å². The van der Waals surface area contributed by atoms with Crippen LogP contribution in [0.15, 0.2) is 36.4 Å². The lowest BCUT2D eigenvalue weighted by molar-refractivity contribution is 0.347. The first-order chi connectivity index (χ1) is 13.1. The van der Waals surface area contributed by atoms with Crippen LogP contribution >= 0.6 is 12.2 Å². The molecule has 0 atom stereocenters. The third-order valence-electron chi connectivity index (χ3n) is 4.69. The van der Waals surface area contributed by atoms with Crippen molar-refractivity contribution < 1.29 is 18.6 Å². The molecule has 1 fully saturated rings. The topological polar surface area (TPSA) is 34.2 Å². The normalized spacial score (nSPS) is 14.1. The number of nitrogens with zero attached hydrogens (tertiary/aromatic N) is 2. The van der Waals surface area contributed by atoms with Gasteiger partial charge in [0.2, 0.25) is 0 Å². The maximum Gasteiger partial charge on any atom is 0.164 e. The lowest BCUT2D eigenvalue weighted by atomic mass is 10.1. The molecule has 0 spiro atoms. The maximum absolute atomic E-state index is 13.1. The molecule has 2 aromatic rings.